The summed E-state index contributed by atoms with van der Waals surface area (Å²) in [6.45, 7) is 0.0901. The molecule has 11 nitrogen and oxygen atoms in total. The smallest absolute Gasteiger partial charge is 0.303 e. The number of piperidine rings is 1. The molecule has 2 aliphatic rings. The number of nitrogens with one attached hydrogen (secondary N) is 2. The van der Waals surface area contributed by atoms with Crippen molar-refractivity contribution in [2.24, 2.45) is 0 Å². The molecule has 2 heterocycles. The molecule has 2 aliphatic heterocycles. The fourth-order valence-corrected chi connectivity index (χ4v) is 3.55. The number of carboxylic acid groups (broad SMARTS) is 1. The number of carbonyl (C=O) groups excluding carboxylic acids is 5. The second-order valence-electron chi connectivity index (χ2n) is 7.50. The molecular formula is C21H23N3O8. The number of hydrogen-bond donors (Lipinski definition) is 3. The number of nitrogens with zero attached hydrogens (tertiary/aromatic N) is 1. The quantitative estimate of drug-likeness (QED) is 0.341. The van der Waals surface area contributed by atoms with E-state index in [1.807, 2.05) is 0 Å². The zero-order valence-corrected chi connectivity index (χ0v) is 17.2. The van der Waals surface area contributed by atoms with Crippen molar-refractivity contribution in [3.63, 3.8) is 0 Å². The molecule has 1 aromatic rings. The summed E-state index contributed by atoms with van der Waals surface area (Å²) in [6.07, 6.45) is 2.06. The lowest BCUT2D eigenvalue weighted by Gasteiger charge is -2.27. The summed E-state index contributed by atoms with van der Waals surface area (Å²) >= 11 is 0. The van der Waals surface area contributed by atoms with E-state index in [1.165, 1.54) is 18.2 Å². The van der Waals surface area contributed by atoms with Crippen LogP contribution in [0.5, 0.6) is 5.75 Å². The Balaban J connectivity index is 1.52. The van der Waals surface area contributed by atoms with Crippen LogP contribution in [0.3, 0.4) is 0 Å². The van der Waals surface area contributed by atoms with Gasteiger partial charge in [0.2, 0.25) is 11.8 Å². The maximum Gasteiger partial charge on any atom is 0.303 e. The third-order valence-electron chi connectivity index (χ3n) is 5.17. The van der Waals surface area contributed by atoms with E-state index in [2.05, 4.69) is 10.6 Å². The van der Waals surface area contributed by atoms with Crippen LogP contribution in [0.15, 0.2) is 18.2 Å². The molecule has 1 saturated heterocycles. The molecule has 3 N–H and O–H groups in total. The Bertz CT molecular complexity index is 974. The molecule has 0 bridgehead atoms. The van der Waals surface area contributed by atoms with E-state index in [1.54, 1.807) is 0 Å². The molecular weight excluding hydrogens is 422 g/mol. The first-order chi connectivity index (χ1) is 15.3. The second-order valence-corrected chi connectivity index (χ2v) is 7.50. The minimum atomic E-state index is -1.05. The summed E-state index contributed by atoms with van der Waals surface area (Å²) in [4.78, 5) is 72.0. The number of hydrogen-bond acceptors (Lipinski definition) is 7. The van der Waals surface area contributed by atoms with Gasteiger partial charge in [0, 0.05) is 19.4 Å². The minimum Gasteiger partial charge on any atom is -0.484 e. The first-order valence-corrected chi connectivity index (χ1v) is 10.2. The van der Waals surface area contributed by atoms with Gasteiger partial charge < -0.3 is 15.2 Å². The first-order valence-electron chi connectivity index (χ1n) is 10.2. The summed E-state index contributed by atoms with van der Waals surface area (Å²) in [7, 11) is 0. The van der Waals surface area contributed by atoms with Gasteiger partial charge in [0.1, 0.15) is 11.8 Å². The number of imide groups is 2. The summed E-state index contributed by atoms with van der Waals surface area (Å²) in [5, 5.41) is 13.4. The van der Waals surface area contributed by atoms with Crippen molar-refractivity contribution in [1.29, 1.82) is 0 Å². The molecule has 1 unspecified atom stereocenters. The summed E-state index contributed by atoms with van der Waals surface area (Å²) in [5.74, 6) is -3.42. The van der Waals surface area contributed by atoms with Gasteiger partial charge in [-0.05, 0) is 37.5 Å². The summed E-state index contributed by atoms with van der Waals surface area (Å²) < 4.78 is 5.41. The number of fused-ring (bicyclic) bond motifs is 1. The molecule has 0 spiro atoms. The Kier molecular flexibility index (Phi) is 7.18. The fourth-order valence-electron chi connectivity index (χ4n) is 3.55. The van der Waals surface area contributed by atoms with Crippen molar-refractivity contribution in [3.8, 4) is 5.75 Å². The molecule has 0 aliphatic carbocycles. The maximum absolute atomic E-state index is 12.8. The SMILES string of the molecule is O=C(O)CCCCCNC(=O)COc1ccc2c(c1)C(=O)N(C1CCC(=O)NC1=O)C2=O. The number of unbranched alkanes of at least 4 members (excludes halogenated alkanes) is 2. The van der Waals surface area contributed by atoms with E-state index < -0.39 is 35.6 Å². The van der Waals surface area contributed by atoms with Crippen LogP contribution in [0.25, 0.3) is 0 Å². The Hall–Kier alpha value is -3.76. The number of carbonyl (C=O) groups is 6. The summed E-state index contributed by atoms with van der Waals surface area (Å²) in [6, 6.07) is 3.15. The maximum atomic E-state index is 12.8. The number of carboxylic acids is 1. The van der Waals surface area contributed by atoms with Crippen LogP contribution >= 0.6 is 0 Å². The van der Waals surface area contributed by atoms with Crippen molar-refractivity contribution in [2.75, 3.05) is 13.2 Å². The Morgan fingerprint density at radius 1 is 1.09 bits per heavy atom. The lowest BCUT2D eigenvalue weighted by Crippen LogP contribution is -2.54. The molecule has 5 amide bonds. The van der Waals surface area contributed by atoms with Gasteiger partial charge in [0.25, 0.3) is 17.7 Å². The monoisotopic (exact) mass is 445 g/mol. The topological polar surface area (TPSA) is 159 Å². The van der Waals surface area contributed by atoms with Crippen molar-refractivity contribution >= 4 is 35.5 Å². The van der Waals surface area contributed by atoms with Crippen LogP contribution in [0.1, 0.15) is 59.2 Å². The number of rotatable bonds is 10. The predicted octanol–water partition coefficient (Wildman–Crippen LogP) is 0.228. The van der Waals surface area contributed by atoms with Gasteiger partial charge in [-0.15, -0.1) is 0 Å². The largest absolute Gasteiger partial charge is 0.484 e. The molecule has 170 valence electrons. The molecule has 1 atom stereocenters. The lowest BCUT2D eigenvalue weighted by molar-refractivity contribution is -0.138. The molecule has 32 heavy (non-hydrogen) atoms. The zero-order chi connectivity index (χ0) is 23.3. The van der Waals surface area contributed by atoms with E-state index in [9.17, 15) is 28.8 Å². The highest BCUT2D eigenvalue weighted by Crippen LogP contribution is 2.30. The zero-order valence-electron chi connectivity index (χ0n) is 17.2. The molecule has 0 saturated carbocycles. The van der Waals surface area contributed by atoms with Crippen molar-refractivity contribution in [1.82, 2.24) is 15.5 Å². The molecule has 0 radical (unpaired) electrons. The van der Waals surface area contributed by atoms with Gasteiger partial charge in [0.05, 0.1) is 11.1 Å². The highest BCUT2D eigenvalue weighted by molar-refractivity contribution is 6.23. The third-order valence-corrected chi connectivity index (χ3v) is 5.17. The predicted molar refractivity (Wildman–Crippen MR) is 108 cm³/mol. The van der Waals surface area contributed by atoms with E-state index in [0.29, 0.717) is 25.8 Å². The highest BCUT2D eigenvalue weighted by Gasteiger charge is 2.44. The Labute approximate surface area is 183 Å². The first kappa shape index (κ1) is 22.9. The minimum absolute atomic E-state index is 0.0346. The summed E-state index contributed by atoms with van der Waals surface area (Å²) in [5.41, 5.74) is 0.189. The number of amides is 5. The molecule has 1 fully saturated rings. The van der Waals surface area contributed by atoms with E-state index in [-0.39, 0.29) is 48.7 Å². The molecule has 1 aromatic carbocycles. The van der Waals surface area contributed by atoms with Crippen LogP contribution in [0, 0.1) is 0 Å². The second kappa shape index (κ2) is 10.0. The average Bonchev–Trinajstić information content (AvgIpc) is 2.99. The Morgan fingerprint density at radius 2 is 1.84 bits per heavy atom. The van der Waals surface area contributed by atoms with E-state index >= 15 is 0 Å². The van der Waals surface area contributed by atoms with Crippen LogP contribution < -0.4 is 15.4 Å². The lowest BCUT2D eigenvalue weighted by atomic mass is 10.0. The van der Waals surface area contributed by atoms with Crippen molar-refractivity contribution in [2.45, 2.75) is 44.6 Å². The average molecular weight is 445 g/mol. The van der Waals surface area contributed by atoms with E-state index in [4.69, 9.17) is 9.84 Å². The fraction of sp³-hybridized carbons (Fsp3) is 0.429. The van der Waals surface area contributed by atoms with Gasteiger partial charge in [-0.1, -0.05) is 6.42 Å². The van der Waals surface area contributed by atoms with Crippen molar-refractivity contribution in [3.05, 3.63) is 29.3 Å². The van der Waals surface area contributed by atoms with Crippen LogP contribution in [-0.4, -0.2) is 64.7 Å². The van der Waals surface area contributed by atoms with Crippen molar-refractivity contribution < 1.29 is 38.6 Å². The molecule has 11 heteroatoms. The van der Waals surface area contributed by atoms with Crippen LogP contribution in [-0.2, 0) is 19.2 Å². The van der Waals surface area contributed by atoms with Gasteiger partial charge >= 0.3 is 5.97 Å². The third kappa shape index (κ3) is 5.29. The number of aliphatic carboxylic acids is 1. The Morgan fingerprint density at radius 3 is 2.56 bits per heavy atom. The van der Waals surface area contributed by atoms with Gasteiger partial charge in [-0.25, -0.2) is 0 Å². The molecule has 3 rings (SSSR count). The molecule has 0 aromatic heterocycles. The highest BCUT2D eigenvalue weighted by atomic mass is 16.5. The normalized spacial score (nSPS) is 17.8. The van der Waals surface area contributed by atoms with E-state index in [0.717, 1.165) is 4.90 Å². The van der Waals surface area contributed by atoms with Gasteiger partial charge in [0.15, 0.2) is 6.61 Å². The van der Waals surface area contributed by atoms with Crippen LogP contribution in [0.2, 0.25) is 0 Å². The van der Waals surface area contributed by atoms with Gasteiger partial charge in [-0.2, -0.15) is 0 Å². The van der Waals surface area contributed by atoms with Gasteiger partial charge in [-0.3, -0.25) is 39.0 Å². The number of benzene rings is 1. The standard InChI is InChI=1S/C21H23N3O8/c25-16-8-7-15(19(29)23-16)24-20(30)13-6-5-12(10-14(13)21(24)31)32-11-17(26)22-9-3-1-2-4-18(27)28/h5-6,10,15H,1-4,7-9,11H2,(H,22,26)(H,27,28)(H,23,25,29). The number of ether oxygens (including phenoxy) is 1. The van der Waals surface area contributed by atoms with Crippen LogP contribution in [0.4, 0.5) is 0 Å².